The molecule has 1 aliphatic rings. The number of piperidine rings is 1. The van der Waals surface area contributed by atoms with Crippen LogP contribution in [-0.2, 0) is 9.59 Å². The summed E-state index contributed by atoms with van der Waals surface area (Å²) in [5.74, 6) is -1.50. The number of carboxylic acids is 1. The number of hydrogen-bond donors (Lipinski definition) is 2. The summed E-state index contributed by atoms with van der Waals surface area (Å²) in [6, 6.07) is 2.96. The minimum atomic E-state index is -0.831. The standard InChI is InChI=1S/C16H19ClN2O5/c1-9(20)18-13-8-14(24-2)11(7-12(13)17)15(21)19-5-3-10(4-6-19)16(22)23/h7-8,10H,3-6H2,1-2H3,(H,18,20)(H,22,23). The maximum atomic E-state index is 12.7. The molecule has 0 unspecified atom stereocenters. The quantitative estimate of drug-likeness (QED) is 0.864. The van der Waals surface area contributed by atoms with Gasteiger partial charge < -0.3 is 20.1 Å². The number of amides is 2. The molecule has 1 fully saturated rings. The normalized spacial score (nSPS) is 15.0. The second kappa shape index (κ2) is 7.53. The summed E-state index contributed by atoms with van der Waals surface area (Å²) in [6.07, 6.45) is 0.836. The van der Waals surface area contributed by atoms with Crippen LogP contribution in [0.4, 0.5) is 5.69 Å². The average Bonchev–Trinajstić information content (AvgIpc) is 2.55. The summed E-state index contributed by atoms with van der Waals surface area (Å²) in [6.45, 7) is 2.09. The lowest BCUT2D eigenvalue weighted by Crippen LogP contribution is -2.40. The summed E-state index contributed by atoms with van der Waals surface area (Å²) in [4.78, 5) is 36.5. The molecule has 8 heteroatoms. The first-order chi connectivity index (χ1) is 11.3. The van der Waals surface area contributed by atoms with Gasteiger partial charge in [0, 0.05) is 26.1 Å². The molecule has 130 valence electrons. The van der Waals surface area contributed by atoms with E-state index in [0.29, 0.717) is 37.4 Å². The van der Waals surface area contributed by atoms with E-state index in [4.69, 9.17) is 21.4 Å². The number of hydrogen-bond acceptors (Lipinski definition) is 4. The number of likely N-dealkylation sites (tertiary alicyclic amines) is 1. The first-order valence-corrected chi connectivity index (χ1v) is 7.88. The molecule has 2 rings (SSSR count). The van der Waals surface area contributed by atoms with Crippen molar-refractivity contribution in [2.24, 2.45) is 5.92 Å². The van der Waals surface area contributed by atoms with Gasteiger partial charge in [0.15, 0.2) is 0 Å². The minimum Gasteiger partial charge on any atom is -0.496 e. The van der Waals surface area contributed by atoms with Gasteiger partial charge in [0.1, 0.15) is 5.75 Å². The van der Waals surface area contributed by atoms with Gasteiger partial charge in [0.25, 0.3) is 5.91 Å². The van der Waals surface area contributed by atoms with Crippen LogP contribution in [-0.4, -0.2) is 48.0 Å². The number of carbonyl (C=O) groups is 3. The van der Waals surface area contributed by atoms with Crippen LogP contribution >= 0.6 is 11.6 Å². The molecule has 0 atom stereocenters. The van der Waals surface area contributed by atoms with Crippen LogP contribution in [0.3, 0.4) is 0 Å². The number of carbonyl (C=O) groups excluding carboxylic acids is 2. The Morgan fingerprint density at radius 2 is 1.92 bits per heavy atom. The van der Waals surface area contributed by atoms with Crippen molar-refractivity contribution in [1.29, 1.82) is 0 Å². The third kappa shape index (κ3) is 3.97. The molecule has 7 nitrogen and oxygen atoms in total. The predicted octanol–water partition coefficient (Wildman–Crippen LogP) is 2.24. The topological polar surface area (TPSA) is 95.9 Å². The Kier molecular flexibility index (Phi) is 5.66. The number of aliphatic carboxylic acids is 1. The number of rotatable bonds is 4. The van der Waals surface area contributed by atoms with Gasteiger partial charge in [-0.15, -0.1) is 0 Å². The van der Waals surface area contributed by atoms with E-state index in [-0.39, 0.29) is 22.4 Å². The Morgan fingerprint density at radius 1 is 1.29 bits per heavy atom. The number of anilines is 1. The Hall–Kier alpha value is -2.28. The van der Waals surface area contributed by atoms with Crippen molar-refractivity contribution in [3.05, 3.63) is 22.7 Å². The van der Waals surface area contributed by atoms with Gasteiger partial charge in [-0.05, 0) is 18.9 Å². The Balaban J connectivity index is 2.21. The smallest absolute Gasteiger partial charge is 0.306 e. The van der Waals surface area contributed by atoms with E-state index in [1.54, 1.807) is 4.90 Å². The highest BCUT2D eigenvalue weighted by atomic mass is 35.5. The summed E-state index contributed by atoms with van der Waals surface area (Å²) in [7, 11) is 1.42. The molecule has 2 amide bonds. The summed E-state index contributed by atoms with van der Waals surface area (Å²) in [5, 5.41) is 11.8. The molecule has 0 radical (unpaired) electrons. The van der Waals surface area contributed by atoms with Crippen molar-refractivity contribution in [3.63, 3.8) is 0 Å². The van der Waals surface area contributed by atoms with Gasteiger partial charge in [0.2, 0.25) is 5.91 Å². The number of ether oxygens (including phenoxy) is 1. The summed E-state index contributed by atoms with van der Waals surface area (Å²) in [5.41, 5.74) is 0.646. The fraction of sp³-hybridized carbons (Fsp3) is 0.438. The number of nitrogens with zero attached hydrogens (tertiary/aromatic N) is 1. The van der Waals surface area contributed by atoms with Crippen LogP contribution in [0.1, 0.15) is 30.1 Å². The molecule has 1 aromatic rings. The lowest BCUT2D eigenvalue weighted by molar-refractivity contribution is -0.143. The molecule has 2 N–H and O–H groups in total. The fourth-order valence-electron chi connectivity index (χ4n) is 2.67. The van der Waals surface area contributed by atoms with Gasteiger partial charge in [-0.2, -0.15) is 0 Å². The second-order valence-corrected chi connectivity index (χ2v) is 6.03. The van der Waals surface area contributed by atoms with Gasteiger partial charge in [-0.25, -0.2) is 0 Å². The number of carboxylic acid groups (broad SMARTS) is 1. The van der Waals surface area contributed by atoms with Crippen molar-refractivity contribution >= 4 is 35.1 Å². The molecule has 0 bridgehead atoms. The monoisotopic (exact) mass is 354 g/mol. The van der Waals surface area contributed by atoms with Crippen molar-refractivity contribution in [3.8, 4) is 5.75 Å². The number of methoxy groups -OCH3 is 1. The van der Waals surface area contributed by atoms with Crippen molar-refractivity contribution < 1.29 is 24.2 Å². The fourth-order valence-corrected chi connectivity index (χ4v) is 2.89. The zero-order valence-corrected chi connectivity index (χ0v) is 14.2. The van der Waals surface area contributed by atoms with E-state index in [2.05, 4.69) is 5.32 Å². The molecule has 1 aromatic carbocycles. The largest absolute Gasteiger partial charge is 0.496 e. The van der Waals surface area contributed by atoms with Gasteiger partial charge in [-0.3, -0.25) is 14.4 Å². The van der Waals surface area contributed by atoms with Crippen LogP contribution in [0.5, 0.6) is 5.75 Å². The molecule has 1 aliphatic heterocycles. The van der Waals surface area contributed by atoms with Crippen molar-refractivity contribution in [2.75, 3.05) is 25.5 Å². The molecule has 1 heterocycles. The Morgan fingerprint density at radius 3 is 2.42 bits per heavy atom. The average molecular weight is 355 g/mol. The van der Waals surface area contributed by atoms with Crippen molar-refractivity contribution in [2.45, 2.75) is 19.8 Å². The highest BCUT2D eigenvalue weighted by Gasteiger charge is 2.29. The zero-order chi connectivity index (χ0) is 17.9. The van der Waals surface area contributed by atoms with E-state index < -0.39 is 11.9 Å². The summed E-state index contributed by atoms with van der Waals surface area (Å²) < 4.78 is 5.24. The van der Waals surface area contributed by atoms with Gasteiger partial charge in [-0.1, -0.05) is 11.6 Å². The summed E-state index contributed by atoms with van der Waals surface area (Å²) >= 11 is 6.13. The maximum absolute atomic E-state index is 12.7. The van der Waals surface area contributed by atoms with Crippen LogP contribution < -0.4 is 10.1 Å². The van der Waals surface area contributed by atoms with Crippen LogP contribution in [0, 0.1) is 5.92 Å². The van der Waals surface area contributed by atoms with Crippen LogP contribution in [0.15, 0.2) is 12.1 Å². The van der Waals surface area contributed by atoms with Crippen molar-refractivity contribution in [1.82, 2.24) is 4.90 Å². The molecule has 0 saturated carbocycles. The second-order valence-electron chi connectivity index (χ2n) is 5.62. The third-order valence-electron chi connectivity index (χ3n) is 3.96. The molecule has 24 heavy (non-hydrogen) atoms. The highest BCUT2D eigenvalue weighted by molar-refractivity contribution is 6.34. The molecular formula is C16H19ClN2O5. The Bertz CT molecular complexity index is 669. The van der Waals surface area contributed by atoms with Crippen LogP contribution in [0.2, 0.25) is 5.02 Å². The number of halogens is 1. The van der Waals surface area contributed by atoms with Gasteiger partial charge in [0.05, 0.1) is 29.3 Å². The highest BCUT2D eigenvalue weighted by Crippen LogP contribution is 2.32. The molecular weight excluding hydrogens is 336 g/mol. The first kappa shape index (κ1) is 18.1. The van der Waals surface area contributed by atoms with Crippen LogP contribution in [0.25, 0.3) is 0 Å². The predicted molar refractivity (Wildman–Crippen MR) is 88.6 cm³/mol. The molecule has 0 aromatic heterocycles. The molecule has 0 spiro atoms. The van der Waals surface area contributed by atoms with E-state index in [0.717, 1.165) is 0 Å². The lowest BCUT2D eigenvalue weighted by atomic mass is 9.96. The number of benzene rings is 1. The number of nitrogens with one attached hydrogen (secondary N) is 1. The lowest BCUT2D eigenvalue weighted by Gasteiger charge is -2.30. The molecule has 0 aliphatic carbocycles. The Labute approximate surface area is 144 Å². The SMILES string of the molecule is COc1cc(NC(C)=O)c(Cl)cc1C(=O)N1CCC(C(=O)O)CC1. The minimum absolute atomic E-state index is 0.231. The van der Waals surface area contributed by atoms with Gasteiger partial charge >= 0.3 is 5.97 Å². The first-order valence-electron chi connectivity index (χ1n) is 7.50. The zero-order valence-electron chi connectivity index (χ0n) is 13.5. The van der Waals surface area contributed by atoms with E-state index in [1.165, 1.54) is 26.2 Å². The molecule has 1 saturated heterocycles. The third-order valence-corrected chi connectivity index (χ3v) is 4.27. The van der Waals surface area contributed by atoms with E-state index >= 15 is 0 Å². The van der Waals surface area contributed by atoms with E-state index in [1.807, 2.05) is 0 Å². The maximum Gasteiger partial charge on any atom is 0.306 e. The van der Waals surface area contributed by atoms with E-state index in [9.17, 15) is 14.4 Å².